The third kappa shape index (κ3) is 4.06. The minimum Gasteiger partial charge on any atom is -0.502 e. The normalized spacial score (nSPS) is 11.7. The highest BCUT2D eigenvalue weighted by atomic mass is 19.4. The predicted molar refractivity (Wildman–Crippen MR) is 83.9 cm³/mol. The van der Waals surface area contributed by atoms with Crippen LogP contribution in [0.2, 0.25) is 0 Å². The Kier molecular flexibility index (Phi) is 5.80. The fraction of sp³-hybridized carbons (Fsp3) is 0.0714. The number of phenolic OH excluding ortho intramolecular Hbond substituents is 1. The van der Waals surface area contributed by atoms with Gasteiger partial charge in [0.05, 0.1) is 27.7 Å². The van der Waals surface area contributed by atoms with Gasteiger partial charge >= 0.3 is 11.9 Å². The van der Waals surface area contributed by atoms with E-state index >= 15 is 0 Å². The van der Waals surface area contributed by atoms with Crippen molar-refractivity contribution in [3.05, 3.63) is 66.8 Å². The van der Waals surface area contributed by atoms with Crippen LogP contribution in [0.1, 0.15) is 11.1 Å². The quantitative estimate of drug-likeness (QED) is 0.234. The first-order valence-electron chi connectivity index (χ1n) is 7.15. The maximum Gasteiger partial charge on any atom is 0.422 e. The number of alkyl halides is 3. The molecule has 0 saturated carbocycles. The Labute approximate surface area is 159 Å². The number of hydrazone groups is 1. The summed E-state index contributed by atoms with van der Waals surface area (Å²) in [5.74, 6) is -11.7. The van der Waals surface area contributed by atoms with Crippen molar-refractivity contribution in [2.45, 2.75) is 6.18 Å². The molecule has 0 saturated heterocycles. The van der Waals surface area contributed by atoms with Gasteiger partial charge < -0.3 is 5.11 Å². The number of anilines is 1. The Morgan fingerprint density at radius 1 is 0.967 bits per heavy atom. The van der Waals surface area contributed by atoms with Crippen molar-refractivity contribution in [1.82, 2.24) is 0 Å². The van der Waals surface area contributed by atoms with E-state index in [1.807, 2.05) is 0 Å². The molecule has 0 atom stereocenters. The summed E-state index contributed by atoms with van der Waals surface area (Å²) in [6.45, 7) is 0. The molecular weight excluding hydrogens is 437 g/mol. The molecule has 0 bridgehead atoms. The molecule has 160 valence electrons. The summed E-state index contributed by atoms with van der Waals surface area (Å²) in [6.07, 6.45) is -5.42. The van der Waals surface area contributed by atoms with Gasteiger partial charge in [-0.25, -0.2) is 17.6 Å². The van der Waals surface area contributed by atoms with Gasteiger partial charge in [0.1, 0.15) is 11.3 Å². The van der Waals surface area contributed by atoms with Crippen LogP contribution >= 0.6 is 0 Å². The molecule has 0 aliphatic heterocycles. The van der Waals surface area contributed by atoms with Gasteiger partial charge in [-0.15, -0.1) is 0 Å². The molecule has 0 radical (unpaired) electrons. The summed E-state index contributed by atoms with van der Waals surface area (Å²) in [7, 11) is 0. The number of nitrogens with one attached hydrogen (secondary N) is 1. The number of hydrogen-bond acceptors (Lipinski definition) is 7. The fourth-order valence-electron chi connectivity index (χ4n) is 2.11. The summed E-state index contributed by atoms with van der Waals surface area (Å²) < 4.78 is 92.1. The molecule has 2 aromatic carbocycles. The van der Waals surface area contributed by atoms with E-state index in [0.29, 0.717) is 18.3 Å². The number of nitro benzene ring substituents is 2. The third-order valence-corrected chi connectivity index (χ3v) is 3.44. The molecular formula is C14H5F7N4O5. The van der Waals surface area contributed by atoms with Crippen LogP contribution in [-0.4, -0.2) is 21.2 Å². The Morgan fingerprint density at radius 3 is 1.93 bits per heavy atom. The van der Waals surface area contributed by atoms with E-state index in [1.54, 1.807) is 0 Å². The minimum atomic E-state index is -5.76. The molecule has 0 unspecified atom stereocenters. The number of non-ortho nitro benzene ring substituents is 1. The zero-order valence-electron chi connectivity index (χ0n) is 13.8. The first kappa shape index (κ1) is 22.3. The van der Waals surface area contributed by atoms with Crippen LogP contribution in [0, 0.1) is 43.5 Å². The summed E-state index contributed by atoms with van der Waals surface area (Å²) in [6, 6.07) is 0.939. The van der Waals surface area contributed by atoms with Crippen molar-refractivity contribution < 1.29 is 45.7 Å². The lowest BCUT2D eigenvalue weighted by atomic mass is 10.1. The van der Waals surface area contributed by atoms with Crippen molar-refractivity contribution in [2.75, 3.05) is 5.43 Å². The van der Waals surface area contributed by atoms with Gasteiger partial charge in [-0.2, -0.15) is 18.3 Å². The van der Waals surface area contributed by atoms with Gasteiger partial charge in [0.2, 0.25) is 5.75 Å². The number of nitrogens with zero attached hydrogens (tertiary/aromatic N) is 3. The second-order valence-corrected chi connectivity index (χ2v) is 5.29. The Bertz CT molecular complexity index is 1060. The second kappa shape index (κ2) is 7.80. The summed E-state index contributed by atoms with van der Waals surface area (Å²) >= 11 is 0. The van der Waals surface area contributed by atoms with Gasteiger partial charge in [0.15, 0.2) is 23.3 Å². The standard InChI is InChI=1S/C14H5F7N4O5/c15-8-7(14(19,20)21)9(16)11(18)12(10(8)17)23-22-3-4-1-5(24(27)28)2-6(13(4)26)25(29)30/h1-3,23,26H. The molecule has 0 aliphatic carbocycles. The number of benzene rings is 2. The Hall–Kier alpha value is -3.98. The van der Waals surface area contributed by atoms with Crippen LogP contribution in [0.25, 0.3) is 0 Å². The summed E-state index contributed by atoms with van der Waals surface area (Å²) in [5.41, 5.74) is -6.06. The number of hydrogen-bond donors (Lipinski definition) is 2. The largest absolute Gasteiger partial charge is 0.502 e. The Balaban J connectivity index is 2.50. The minimum absolute atomic E-state index is 0.335. The maximum absolute atomic E-state index is 13.7. The first-order valence-corrected chi connectivity index (χ1v) is 7.15. The van der Waals surface area contributed by atoms with E-state index in [-0.39, 0.29) is 0 Å². The lowest BCUT2D eigenvalue weighted by Gasteiger charge is -2.13. The van der Waals surface area contributed by atoms with E-state index in [1.165, 1.54) is 5.43 Å². The van der Waals surface area contributed by atoms with E-state index < -0.39 is 73.2 Å². The van der Waals surface area contributed by atoms with E-state index in [9.17, 15) is 56.1 Å². The topological polar surface area (TPSA) is 131 Å². The molecule has 0 amide bonds. The predicted octanol–water partition coefficient (Wildman–Crippen LogP) is 4.23. The van der Waals surface area contributed by atoms with E-state index in [4.69, 9.17) is 0 Å². The zero-order valence-corrected chi connectivity index (χ0v) is 13.8. The highest BCUT2D eigenvalue weighted by Gasteiger charge is 2.42. The highest BCUT2D eigenvalue weighted by Crippen LogP contribution is 2.38. The molecule has 0 heterocycles. The molecule has 9 nitrogen and oxygen atoms in total. The monoisotopic (exact) mass is 442 g/mol. The average molecular weight is 442 g/mol. The SMILES string of the molecule is O=[N+]([O-])c1cc(C=NNc2c(F)c(F)c(C(F)(F)F)c(F)c2F)c(O)c([N+](=O)[O-])c1. The van der Waals surface area contributed by atoms with Crippen LogP contribution in [0.5, 0.6) is 5.75 Å². The molecule has 0 fully saturated rings. The molecule has 30 heavy (non-hydrogen) atoms. The van der Waals surface area contributed by atoms with Gasteiger partial charge in [-0.1, -0.05) is 0 Å². The van der Waals surface area contributed by atoms with Gasteiger partial charge in [0.25, 0.3) is 5.69 Å². The fourth-order valence-corrected chi connectivity index (χ4v) is 2.11. The molecule has 16 heteroatoms. The van der Waals surface area contributed by atoms with E-state index in [0.717, 1.165) is 0 Å². The van der Waals surface area contributed by atoms with E-state index in [2.05, 4.69) is 5.10 Å². The van der Waals surface area contributed by atoms with Crippen LogP contribution < -0.4 is 5.43 Å². The molecule has 2 N–H and O–H groups in total. The third-order valence-electron chi connectivity index (χ3n) is 3.44. The van der Waals surface area contributed by atoms with Crippen LogP contribution in [0.4, 0.5) is 47.8 Å². The summed E-state index contributed by atoms with van der Waals surface area (Å²) in [4.78, 5) is 19.3. The van der Waals surface area contributed by atoms with Gasteiger partial charge in [-0.3, -0.25) is 25.7 Å². The lowest BCUT2D eigenvalue weighted by Crippen LogP contribution is -2.16. The zero-order chi connectivity index (χ0) is 23.0. The summed E-state index contributed by atoms with van der Waals surface area (Å²) in [5, 5.41) is 34.3. The lowest BCUT2D eigenvalue weighted by molar-refractivity contribution is -0.394. The van der Waals surface area contributed by atoms with Crippen molar-refractivity contribution in [1.29, 1.82) is 0 Å². The molecule has 0 aliphatic rings. The highest BCUT2D eigenvalue weighted by molar-refractivity contribution is 5.87. The van der Waals surface area contributed by atoms with Crippen LogP contribution in [0.3, 0.4) is 0 Å². The Morgan fingerprint density at radius 2 is 1.50 bits per heavy atom. The number of nitro groups is 2. The molecule has 0 aromatic heterocycles. The number of aromatic hydroxyl groups is 1. The number of halogens is 7. The van der Waals surface area contributed by atoms with Gasteiger partial charge in [-0.05, 0) is 0 Å². The van der Waals surface area contributed by atoms with Crippen LogP contribution in [-0.2, 0) is 6.18 Å². The van der Waals surface area contributed by atoms with Gasteiger partial charge in [0, 0.05) is 6.07 Å². The van der Waals surface area contributed by atoms with Crippen molar-refractivity contribution in [3.63, 3.8) is 0 Å². The van der Waals surface area contributed by atoms with Crippen molar-refractivity contribution in [3.8, 4) is 5.75 Å². The van der Waals surface area contributed by atoms with Crippen molar-refractivity contribution >= 4 is 23.3 Å². The number of rotatable bonds is 5. The smallest absolute Gasteiger partial charge is 0.422 e. The average Bonchev–Trinajstić information content (AvgIpc) is 2.62. The first-order chi connectivity index (χ1) is 13.8. The molecule has 2 rings (SSSR count). The van der Waals surface area contributed by atoms with Crippen molar-refractivity contribution in [2.24, 2.45) is 5.10 Å². The number of phenols is 1. The molecule has 2 aromatic rings. The second-order valence-electron chi connectivity index (χ2n) is 5.29. The molecule has 0 spiro atoms. The van der Waals surface area contributed by atoms with Crippen LogP contribution in [0.15, 0.2) is 17.2 Å². The maximum atomic E-state index is 13.7.